The van der Waals surface area contributed by atoms with Crippen molar-refractivity contribution in [2.75, 3.05) is 0 Å². The van der Waals surface area contributed by atoms with Gasteiger partial charge in [-0.1, -0.05) is 6.92 Å². The SMILES string of the molecule is CCC1=CN=NC1=C1C=CN=N1. The molecule has 0 radical (unpaired) electrons. The normalized spacial score (nSPS) is 25.6. The van der Waals surface area contributed by atoms with Crippen LogP contribution in [0.15, 0.2) is 55.9 Å². The van der Waals surface area contributed by atoms with Gasteiger partial charge in [0.15, 0.2) is 0 Å². The molecule has 0 aromatic heterocycles. The van der Waals surface area contributed by atoms with Crippen LogP contribution in [0.1, 0.15) is 13.3 Å². The average Bonchev–Trinajstić information content (AvgIpc) is 2.74. The summed E-state index contributed by atoms with van der Waals surface area (Å²) in [5.41, 5.74) is 2.79. The zero-order valence-corrected chi connectivity index (χ0v) is 6.73. The third-order valence-electron chi connectivity index (χ3n) is 1.76. The Balaban J connectivity index is 2.41. The summed E-state index contributed by atoms with van der Waals surface area (Å²) in [6.07, 6.45) is 6.19. The van der Waals surface area contributed by atoms with Gasteiger partial charge in [0.2, 0.25) is 0 Å². The highest BCUT2D eigenvalue weighted by molar-refractivity contribution is 5.41. The van der Waals surface area contributed by atoms with Gasteiger partial charge in [-0.05, 0) is 12.5 Å². The molecule has 0 aromatic carbocycles. The van der Waals surface area contributed by atoms with E-state index in [0.29, 0.717) is 0 Å². The zero-order chi connectivity index (χ0) is 8.39. The van der Waals surface area contributed by atoms with Crippen LogP contribution in [0.4, 0.5) is 0 Å². The van der Waals surface area contributed by atoms with E-state index in [1.54, 1.807) is 12.4 Å². The van der Waals surface area contributed by atoms with E-state index in [2.05, 4.69) is 27.4 Å². The first-order chi connectivity index (χ1) is 5.92. The highest BCUT2D eigenvalue weighted by atomic mass is 15.2. The van der Waals surface area contributed by atoms with Gasteiger partial charge in [0.25, 0.3) is 0 Å². The van der Waals surface area contributed by atoms with Gasteiger partial charge in [-0.2, -0.15) is 10.2 Å². The first-order valence-electron chi connectivity index (χ1n) is 3.83. The largest absolute Gasteiger partial charge is 0.158 e. The van der Waals surface area contributed by atoms with Gasteiger partial charge in [0.1, 0.15) is 11.4 Å². The molecule has 0 unspecified atom stereocenters. The highest BCUT2D eigenvalue weighted by Crippen LogP contribution is 2.27. The Morgan fingerprint density at radius 2 is 2.17 bits per heavy atom. The zero-order valence-electron chi connectivity index (χ0n) is 6.73. The van der Waals surface area contributed by atoms with Crippen LogP contribution in [0.2, 0.25) is 0 Å². The van der Waals surface area contributed by atoms with Crippen molar-refractivity contribution in [1.29, 1.82) is 0 Å². The van der Waals surface area contributed by atoms with Gasteiger partial charge in [0.05, 0.1) is 12.4 Å². The lowest BCUT2D eigenvalue weighted by Crippen LogP contribution is -1.83. The quantitative estimate of drug-likeness (QED) is 0.566. The number of hydrogen-bond donors (Lipinski definition) is 0. The maximum atomic E-state index is 3.98. The predicted molar refractivity (Wildman–Crippen MR) is 44.3 cm³/mol. The van der Waals surface area contributed by atoms with Crippen LogP contribution in [0.3, 0.4) is 0 Å². The van der Waals surface area contributed by atoms with Gasteiger partial charge in [0, 0.05) is 5.57 Å². The molecule has 60 valence electrons. The molecule has 4 nitrogen and oxygen atoms in total. The van der Waals surface area contributed by atoms with Crippen LogP contribution in [0, 0.1) is 0 Å². The molecule has 2 heterocycles. The van der Waals surface area contributed by atoms with Crippen molar-refractivity contribution in [3.8, 4) is 0 Å². The Hall–Kier alpha value is -1.58. The highest BCUT2D eigenvalue weighted by Gasteiger charge is 2.13. The summed E-state index contributed by atoms with van der Waals surface area (Å²) in [4.78, 5) is 0. The summed E-state index contributed by atoms with van der Waals surface area (Å²) in [6, 6.07) is 0. The van der Waals surface area contributed by atoms with Crippen LogP contribution in [-0.4, -0.2) is 0 Å². The summed E-state index contributed by atoms with van der Waals surface area (Å²) >= 11 is 0. The molecule has 0 bridgehead atoms. The lowest BCUT2D eigenvalue weighted by molar-refractivity contribution is 1.07. The van der Waals surface area contributed by atoms with Gasteiger partial charge < -0.3 is 0 Å². The average molecular weight is 160 g/mol. The fraction of sp³-hybridized carbons (Fsp3) is 0.250. The molecule has 4 heteroatoms. The summed E-state index contributed by atoms with van der Waals surface area (Å²) in [7, 11) is 0. The van der Waals surface area contributed by atoms with Crippen LogP contribution in [0.25, 0.3) is 0 Å². The Labute approximate surface area is 70.1 Å². The van der Waals surface area contributed by atoms with E-state index in [4.69, 9.17) is 0 Å². The minimum Gasteiger partial charge on any atom is -0.158 e. The first-order valence-corrected chi connectivity index (χ1v) is 3.83. The van der Waals surface area contributed by atoms with E-state index in [0.717, 1.165) is 23.4 Å². The van der Waals surface area contributed by atoms with Gasteiger partial charge >= 0.3 is 0 Å². The Morgan fingerprint density at radius 3 is 2.83 bits per heavy atom. The Kier molecular flexibility index (Phi) is 1.66. The fourth-order valence-corrected chi connectivity index (χ4v) is 1.12. The summed E-state index contributed by atoms with van der Waals surface area (Å²) < 4.78 is 0. The molecule has 2 aliphatic heterocycles. The van der Waals surface area contributed by atoms with Crippen molar-refractivity contribution in [3.05, 3.63) is 35.4 Å². The molecule has 0 saturated carbocycles. The molecule has 12 heavy (non-hydrogen) atoms. The van der Waals surface area contributed by atoms with Gasteiger partial charge in [-0.15, -0.1) is 10.2 Å². The lowest BCUT2D eigenvalue weighted by atomic mass is 10.1. The second-order valence-electron chi connectivity index (χ2n) is 2.49. The monoisotopic (exact) mass is 160 g/mol. The number of rotatable bonds is 1. The second-order valence-corrected chi connectivity index (χ2v) is 2.49. The molecular weight excluding hydrogens is 152 g/mol. The summed E-state index contributed by atoms with van der Waals surface area (Å²) in [5.74, 6) is 0. The second kappa shape index (κ2) is 2.81. The van der Waals surface area contributed by atoms with E-state index in [-0.39, 0.29) is 0 Å². The van der Waals surface area contributed by atoms with E-state index < -0.39 is 0 Å². The molecule has 0 saturated heterocycles. The Morgan fingerprint density at radius 1 is 1.25 bits per heavy atom. The topological polar surface area (TPSA) is 49.4 Å². The third-order valence-corrected chi connectivity index (χ3v) is 1.76. The molecule has 0 amide bonds. The molecule has 2 rings (SSSR count). The minimum atomic E-state index is 0.810. The molecule has 2 aliphatic rings. The minimum absolute atomic E-state index is 0.810. The van der Waals surface area contributed by atoms with E-state index in [1.807, 2.05) is 6.08 Å². The van der Waals surface area contributed by atoms with E-state index in [9.17, 15) is 0 Å². The third kappa shape index (κ3) is 1.01. The number of azo groups is 2. The predicted octanol–water partition coefficient (Wildman–Crippen LogP) is 2.94. The Bertz CT molecular complexity index is 330. The van der Waals surface area contributed by atoms with Crippen molar-refractivity contribution in [1.82, 2.24) is 0 Å². The number of nitrogens with zero attached hydrogens (tertiary/aromatic N) is 4. The van der Waals surface area contributed by atoms with Gasteiger partial charge in [-0.3, -0.25) is 0 Å². The summed E-state index contributed by atoms with van der Waals surface area (Å²) in [6.45, 7) is 2.07. The van der Waals surface area contributed by atoms with Crippen LogP contribution in [0.5, 0.6) is 0 Å². The molecule has 0 fully saturated rings. The van der Waals surface area contributed by atoms with Crippen LogP contribution < -0.4 is 0 Å². The van der Waals surface area contributed by atoms with Crippen molar-refractivity contribution in [3.63, 3.8) is 0 Å². The molecule has 0 aromatic rings. The van der Waals surface area contributed by atoms with Crippen molar-refractivity contribution in [2.45, 2.75) is 13.3 Å². The van der Waals surface area contributed by atoms with Crippen molar-refractivity contribution < 1.29 is 0 Å². The maximum absolute atomic E-state index is 3.98. The standard InChI is InChI=1S/C8H8N4/c1-2-6-5-10-12-8(6)7-3-4-9-11-7/h3-5H,2H2,1H3. The lowest BCUT2D eigenvalue weighted by Gasteiger charge is -1.97. The smallest absolute Gasteiger partial charge is 0.118 e. The van der Waals surface area contributed by atoms with E-state index in [1.165, 1.54) is 0 Å². The molecular formula is C8H8N4. The van der Waals surface area contributed by atoms with Crippen LogP contribution >= 0.6 is 0 Å². The molecule has 0 atom stereocenters. The van der Waals surface area contributed by atoms with Gasteiger partial charge in [-0.25, -0.2) is 0 Å². The van der Waals surface area contributed by atoms with E-state index >= 15 is 0 Å². The van der Waals surface area contributed by atoms with Crippen molar-refractivity contribution in [2.24, 2.45) is 20.5 Å². The van der Waals surface area contributed by atoms with Crippen LogP contribution in [-0.2, 0) is 0 Å². The van der Waals surface area contributed by atoms with Crippen molar-refractivity contribution >= 4 is 0 Å². The molecule has 0 aliphatic carbocycles. The maximum Gasteiger partial charge on any atom is 0.118 e. The fourth-order valence-electron chi connectivity index (χ4n) is 1.12. The molecule has 0 N–H and O–H groups in total. The molecule has 0 spiro atoms. The first kappa shape index (κ1) is 7.09. The number of hydrogen-bond acceptors (Lipinski definition) is 4. The summed E-state index contributed by atoms with van der Waals surface area (Å²) in [5, 5.41) is 15.5. The number of allylic oxidation sites excluding steroid dienone is 2.